The number of hydrogen-bond acceptors (Lipinski definition) is 4. The van der Waals surface area contributed by atoms with Crippen LogP contribution in [0.25, 0.3) is 0 Å². The summed E-state index contributed by atoms with van der Waals surface area (Å²) < 4.78 is 42.9. The number of nitrogens with zero attached hydrogens (tertiary/aromatic N) is 3. The standard InChI is InChI=1S/C22H26F3N5S/c1-14(2)21-13-30(7-6-29(21)12-15-4-3-5-17(23)8-15)20-10-18(24)16(9-19(20)25)11-27-28-22(26)31/h3-5,8-11,14,21H,6-7,12-13H2,1-2H3,(H3,26,28,31)/t21-/m1/s1. The van der Waals surface area contributed by atoms with Crippen LogP contribution in [0.1, 0.15) is 25.0 Å². The molecule has 0 spiro atoms. The first kappa shape index (κ1) is 23.0. The maximum atomic E-state index is 14.8. The van der Waals surface area contributed by atoms with Crippen molar-refractivity contribution in [3.63, 3.8) is 0 Å². The molecule has 3 N–H and O–H groups in total. The van der Waals surface area contributed by atoms with Crippen molar-refractivity contribution >= 4 is 29.2 Å². The van der Waals surface area contributed by atoms with Gasteiger partial charge in [0.25, 0.3) is 0 Å². The van der Waals surface area contributed by atoms with Crippen LogP contribution in [0.5, 0.6) is 0 Å². The first-order chi connectivity index (χ1) is 14.7. The average Bonchev–Trinajstić information content (AvgIpc) is 2.70. The highest BCUT2D eigenvalue weighted by Crippen LogP contribution is 2.28. The molecule has 1 atom stereocenters. The fourth-order valence-electron chi connectivity index (χ4n) is 3.82. The van der Waals surface area contributed by atoms with Crippen LogP contribution in [-0.2, 0) is 6.54 Å². The summed E-state index contributed by atoms with van der Waals surface area (Å²) in [5.41, 5.74) is 8.68. The lowest BCUT2D eigenvalue weighted by atomic mass is 9.98. The van der Waals surface area contributed by atoms with E-state index in [0.717, 1.165) is 17.8 Å². The second kappa shape index (κ2) is 10.1. The molecule has 0 saturated carbocycles. The largest absolute Gasteiger partial charge is 0.375 e. The molecule has 9 heteroatoms. The Morgan fingerprint density at radius 3 is 2.68 bits per heavy atom. The van der Waals surface area contributed by atoms with Crippen LogP contribution in [0.2, 0.25) is 0 Å². The number of benzene rings is 2. The van der Waals surface area contributed by atoms with Gasteiger partial charge in [-0.1, -0.05) is 26.0 Å². The van der Waals surface area contributed by atoms with Crippen molar-refractivity contribution in [1.82, 2.24) is 10.3 Å². The molecule has 31 heavy (non-hydrogen) atoms. The molecule has 166 valence electrons. The van der Waals surface area contributed by atoms with Crippen molar-refractivity contribution in [2.75, 3.05) is 24.5 Å². The third kappa shape index (κ3) is 5.95. The molecule has 1 aliphatic heterocycles. The lowest BCUT2D eigenvalue weighted by molar-refractivity contribution is 0.130. The number of anilines is 1. The van der Waals surface area contributed by atoms with E-state index in [1.54, 1.807) is 6.07 Å². The van der Waals surface area contributed by atoms with Crippen molar-refractivity contribution in [3.05, 3.63) is 65.0 Å². The number of hydrazone groups is 1. The Balaban J connectivity index is 1.76. The molecular weight excluding hydrogens is 423 g/mol. The summed E-state index contributed by atoms with van der Waals surface area (Å²) in [7, 11) is 0. The van der Waals surface area contributed by atoms with Crippen LogP contribution >= 0.6 is 12.2 Å². The highest BCUT2D eigenvalue weighted by molar-refractivity contribution is 7.80. The minimum absolute atomic E-state index is 0.00449. The molecule has 5 nitrogen and oxygen atoms in total. The van der Waals surface area contributed by atoms with E-state index in [-0.39, 0.29) is 34.1 Å². The van der Waals surface area contributed by atoms with E-state index < -0.39 is 11.6 Å². The summed E-state index contributed by atoms with van der Waals surface area (Å²) in [4.78, 5) is 4.13. The van der Waals surface area contributed by atoms with Crippen LogP contribution in [-0.4, -0.2) is 41.9 Å². The van der Waals surface area contributed by atoms with Gasteiger partial charge in [-0.05, 0) is 41.9 Å². The van der Waals surface area contributed by atoms with Crippen molar-refractivity contribution in [2.24, 2.45) is 16.8 Å². The highest BCUT2D eigenvalue weighted by Gasteiger charge is 2.30. The van der Waals surface area contributed by atoms with Gasteiger partial charge in [0.2, 0.25) is 0 Å². The molecule has 0 amide bonds. The molecule has 1 saturated heterocycles. The smallest absolute Gasteiger partial charge is 0.184 e. The number of rotatable bonds is 6. The molecule has 0 bridgehead atoms. The minimum Gasteiger partial charge on any atom is -0.375 e. The van der Waals surface area contributed by atoms with Crippen LogP contribution in [0, 0.1) is 23.4 Å². The van der Waals surface area contributed by atoms with E-state index in [1.165, 1.54) is 18.2 Å². The first-order valence-corrected chi connectivity index (χ1v) is 10.5. The second-order valence-corrected chi connectivity index (χ2v) is 8.36. The Kier molecular flexibility index (Phi) is 7.50. The van der Waals surface area contributed by atoms with E-state index >= 15 is 0 Å². The van der Waals surface area contributed by atoms with Crippen molar-refractivity contribution < 1.29 is 13.2 Å². The minimum atomic E-state index is -0.590. The van der Waals surface area contributed by atoms with Crippen LogP contribution in [0.15, 0.2) is 41.5 Å². The molecule has 0 radical (unpaired) electrons. The predicted octanol–water partition coefficient (Wildman–Crippen LogP) is 3.62. The van der Waals surface area contributed by atoms with E-state index in [2.05, 4.69) is 41.5 Å². The molecule has 1 aliphatic rings. The average molecular weight is 450 g/mol. The van der Waals surface area contributed by atoms with Gasteiger partial charge in [0.15, 0.2) is 5.11 Å². The molecule has 2 aromatic carbocycles. The zero-order chi connectivity index (χ0) is 22.5. The number of piperazine rings is 1. The van der Waals surface area contributed by atoms with Crippen molar-refractivity contribution in [1.29, 1.82) is 0 Å². The van der Waals surface area contributed by atoms with Gasteiger partial charge in [0.05, 0.1) is 11.9 Å². The SMILES string of the molecule is CC(C)[C@H]1CN(c2cc(F)c(C=NNC(N)=S)cc2F)CCN1Cc1cccc(F)c1. The molecule has 2 aromatic rings. The fourth-order valence-corrected chi connectivity index (χ4v) is 3.88. The summed E-state index contributed by atoms with van der Waals surface area (Å²) in [6, 6.07) is 8.96. The van der Waals surface area contributed by atoms with Gasteiger partial charge in [-0.2, -0.15) is 5.10 Å². The van der Waals surface area contributed by atoms with E-state index in [1.807, 2.05) is 11.0 Å². The summed E-state index contributed by atoms with van der Waals surface area (Å²) in [5, 5.41) is 3.62. The number of thiocarbonyl (C=S) groups is 1. The molecule has 1 fully saturated rings. The summed E-state index contributed by atoms with van der Waals surface area (Å²) in [6.45, 7) is 6.53. The summed E-state index contributed by atoms with van der Waals surface area (Å²) in [5.74, 6) is -1.10. The Morgan fingerprint density at radius 2 is 2.00 bits per heavy atom. The van der Waals surface area contributed by atoms with Crippen molar-refractivity contribution in [3.8, 4) is 0 Å². The van der Waals surface area contributed by atoms with Gasteiger partial charge >= 0.3 is 0 Å². The highest BCUT2D eigenvalue weighted by atomic mass is 32.1. The monoisotopic (exact) mass is 449 g/mol. The lowest BCUT2D eigenvalue weighted by Gasteiger charge is -2.44. The zero-order valence-corrected chi connectivity index (χ0v) is 18.3. The quantitative estimate of drug-likeness (QED) is 0.401. The Bertz CT molecular complexity index is 966. The maximum Gasteiger partial charge on any atom is 0.184 e. The number of nitrogens with two attached hydrogens (primary N) is 1. The summed E-state index contributed by atoms with van der Waals surface area (Å²) in [6.07, 6.45) is 1.13. The van der Waals surface area contributed by atoms with Gasteiger partial charge in [-0.3, -0.25) is 10.3 Å². The van der Waals surface area contributed by atoms with Crippen LogP contribution < -0.4 is 16.1 Å². The first-order valence-electron chi connectivity index (χ1n) is 10.1. The van der Waals surface area contributed by atoms with Gasteiger partial charge in [0, 0.05) is 43.9 Å². The number of nitrogens with one attached hydrogen (secondary N) is 1. The van der Waals surface area contributed by atoms with Gasteiger partial charge in [-0.15, -0.1) is 0 Å². The van der Waals surface area contributed by atoms with Crippen LogP contribution in [0.4, 0.5) is 18.9 Å². The topological polar surface area (TPSA) is 56.9 Å². The lowest BCUT2D eigenvalue weighted by Crippen LogP contribution is -2.55. The molecule has 1 heterocycles. The fraction of sp³-hybridized carbons (Fsp3) is 0.364. The van der Waals surface area contributed by atoms with E-state index in [9.17, 15) is 13.2 Å². The van der Waals surface area contributed by atoms with Crippen LogP contribution in [0.3, 0.4) is 0 Å². The second-order valence-electron chi connectivity index (χ2n) is 7.92. The Labute approximate surface area is 185 Å². The van der Waals surface area contributed by atoms with Gasteiger partial charge in [0.1, 0.15) is 17.5 Å². The predicted molar refractivity (Wildman–Crippen MR) is 122 cm³/mol. The third-order valence-corrected chi connectivity index (χ3v) is 5.45. The molecule has 0 unspecified atom stereocenters. The Hall–Kier alpha value is -2.65. The molecule has 0 aromatic heterocycles. The molecule has 3 rings (SSSR count). The maximum absolute atomic E-state index is 14.8. The summed E-state index contributed by atoms with van der Waals surface area (Å²) >= 11 is 4.62. The van der Waals surface area contributed by atoms with E-state index in [4.69, 9.17) is 5.73 Å². The molecular formula is C22H26F3N5S. The number of hydrogen-bond donors (Lipinski definition) is 2. The zero-order valence-electron chi connectivity index (χ0n) is 17.5. The Morgan fingerprint density at radius 1 is 1.23 bits per heavy atom. The third-order valence-electron chi connectivity index (χ3n) is 5.36. The van der Waals surface area contributed by atoms with Crippen molar-refractivity contribution in [2.45, 2.75) is 26.4 Å². The normalized spacial score (nSPS) is 17.5. The van der Waals surface area contributed by atoms with E-state index in [0.29, 0.717) is 26.2 Å². The molecule has 0 aliphatic carbocycles. The van der Waals surface area contributed by atoms with Gasteiger partial charge < -0.3 is 10.6 Å². The number of halogens is 3. The van der Waals surface area contributed by atoms with Gasteiger partial charge in [-0.25, -0.2) is 13.2 Å².